The first-order valence-corrected chi connectivity index (χ1v) is 6.51. The maximum atomic E-state index is 12.0. The van der Waals surface area contributed by atoms with E-state index in [1.54, 1.807) is 12.1 Å². The van der Waals surface area contributed by atoms with Gasteiger partial charge < -0.3 is 9.47 Å². The Hall–Kier alpha value is -3.02. The fraction of sp³-hybridized carbons (Fsp3) is 0.125. The second-order valence-corrected chi connectivity index (χ2v) is 4.59. The second-order valence-electron chi connectivity index (χ2n) is 4.59. The summed E-state index contributed by atoms with van der Waals surface area (Å²) in [6.45, 7) is 0. The Balaban J connectivity index is 2.38. The van der Waals surface area contributed by atoms with Crippen LogP contribution in [0.1, 0.15) is 20.7 Å². The molecule has 0 amide bonds. The zero-order valence-electron chi connectivity index (χ0n) is 12.0. The molecule has 0 atom stereocenters. The lowest BCUT2D eigenvalue weighted by Gasteiger charge is -2.08. The van der Waals surface area contributed by atoms with Crippen LogP contribution in [-0.2, 0) is 9.47 Å². The molecule has 0 saturated carbocycles. The normalized spacial score (nSPS) is 10.6. The molecule has 0 aliphatic carbocycles. The zero-order valence-corrected chi connectivity index (χ0v) is 12.0. The first-order valence-electron chi connectivity index (χ1n) is 6.51. The van der Waals surface area contributed by atoms with Crippen molar-refractivity contribution in [2.75, 3.05) is 14.2 Å². The van der Waals surface area contributed by atoms with E-state index in [4.69, 9.17) is 9.47 Å². The quantitative estimate of drug-likeness (QED) is 0.533. The van der Waals surface area contributed by atoms with E-state index in [9.17, 15) is 9.59 Å². The minimum absolute atomic E-state index is 0.179. The molecule has 110 valence electrons. The first kappa shape index (κ1) is 13.9. The predicted octanol–water partition coefficient (Wildman–Crippen LogP) is 2.36. The van der Waals surface area contributed by atoms with Crippen LogP contribution in [0.3, 0.4) is 0 Å². The summed E-state index contributed by atoms with van der Waals surface area (Å²) >= 11 is 0. The van der Waals surface area contributed by atoms with Gasteiger partial charge in [-0.2, -0.15) is 0 Å². The largest absolute Gasteiger partial charge is 0.465 e. The Labute approximate surface area is 125 Å². The molecule has 1 aromatic heterocycles. The van der Waals surface area contributed by atoms with Crippen molar-refractivity contribution in [1.82, 2.24) is 9.97 Å². The van der Waals surface area contributed by atoms with Crippen LogP contribution in [0.15, 0.2) is 36.4 Å². The van der Waals surface area contributed by atoms with Gasteiger partial charge >= 0.3 is 11.9 Å². The van der Waals surface area contributed by atoms with Crippen molar-refractivity contribution < 1.29 is 19.1 Å². The van der Waals surface area contributed by atoms with E-state index in [0.29, 0.717) is 22.1 Å². The van der Waals surface area contributed by atoms with E-state index in [1.807, 2.05) is 18.2 Å². The number of rotatable bonds is 2. The number of benzene rings is 2. The number of hydrogen-bond donors (Lipinski definition) is 0. The molecule has 0 spiro atoms. The third kappa shape index (κ3) is 2.24. The number of carbonyl (C=O) groups is 2. The van der Waals surface area contributed by atoms with Gasteiger partial charge in [-0.3, -0.25) is 0 Å². The molecule has 0 radical (unpaired) electrons. The molecule has 1 heterocycles. The van der Waals surface area contributed by atoms with E-state index in [0.717, 1.165) is 0 Å². The third-order valence-electron chi connectivity index (χ3n) is 3.27. The number of para-hydroxylation sites is 2. The van der Waals surface area contributed by atoms with E-state index in [2.05, 4.69) is 9.97 Å². The average Bonchev–Trinajstić information content (AvgIpc) is 2.57. The Morgan fingerprint density at radius 2 is 1.50 bits per heavy atom. The van der Waals surface area contributed by atoms with Crippen LogP contribution in [0.25, 0.3) is 22.1 Å². The number of fused-ring (bicyclic) bond motifs is 2. The van der Waals surface area contributed by atoms with E-state index >= 15 is 0 Å². The van der Waals surface area contributed by atoms with Gasteiger partial charge in [-0.05, 0) is 24.3 Å². The van der Waals surface area contributed by atoms with Gasteiger partial charge in [0.25, 0.3) is 0 Å². The zero-order chi connectivity index (χ0) is 15.7. The highest BCUT2D eigenvalue weighted by Gasteiger charge is 2.18. The van der Waals surface area contributed by atoms with Crippen LogP contribution in [0, 0.1) is 0 Å². The molecule has 0 fully saturated rings. The summed E-state index contributed by atoms with van der Waals surface area (Å²) in [7, 11) is 2.55. The average molecular weight is 296 g/mol. The predicted molar refractivity (Wildman–Crippen MR) is 79.7 cm³/mol. The Kier molecular flexibility index (Phi) is 3.42. The Morgan fingerprint density at radius 1 is 0.864 bits per heavy atom. The summed E-state index contributed by atoms with van der Waals surface area (Å²) in [6, 6.07) is 10.2. The minimum atomic E-state index is -0.583. The molecule has 3 rings (SSSR count). The van der Waals surface area contributed by atoms with E-state index in [-0.39, 0.29) is 11.1 Å². The molecule has 0 saturated heterocycles. The maximum Gasteiger partial charge on any atom is 0.340 e. The van der Waals surface area contributed by atoms with Gasteiger partial charge in [-0.1, -0.05) is 12.1 Å². The highest BCUT2D eigenvalue weighted by molar-refractivity contribution is 6.06. The number of esters is 2. The number of ether oxygens (including phenoxy) is 2. The van der Waals surface area contributed by atoms with E-state index < -0.39 is 11.9 Å². The first-order chi connectivity index (χ1) is 10.6. The molecule has 6 heteroatoms. The number of nitrogens with zero attached hydrogens (tertiary/aromatic N) is 2. The van der Waals surface area contributed by atoms with Crippen LogP contribution in [0.4, 0.5) is 0 Å². The minimum Gasteiger partial charge on any atom is -0.465 e. The van der Waals surface area contributed by atoms with Gasteiger partial charge in [-0.15, -0.1) is 0 Å². The van der Waals surface area contributed by atoms with Crippen molar-refractivity contribution in [1.29, 1.82) is 0 Å². The molecule has 0 unspecified atom stereocenters. The molecule has 3 aromatic rings. The summed E-state index contributed by atoms with van der Waals surface area (Å²) in [4.78, 5) is 32.7. The molecule has 2 aromatic carbocycles. The smallest absolute Gasteiger partial charge is 0.340 e. The fourth-order valence-corrected chi connectivity index (χ4v) is 2.23. The molecule has 0 aliphatic rings. The molecule has 22 heavy (non-hydrogen) atoms. The van der Waals surface area contributed by atoms with Crippen molar-refractivity contribution in [2.24, 2.45) is 0 Å². The molecular weight excluding hydrogens is 284 g/mol. The van der Waals surface area contributed by atoms with Gasteiger partial charge in [-0.25, -0.2) is 19.6 Å². The van der Waals surface area contributed by atoms with Crippen molar-refractivity contribution >= 4 is 34.0 Å². The molecule has 0 aliphatic heterocycles. The van der Waals surface area contributed by atoms with Crippen LogP contribution >= 0.6 is 0 Å². The Morgan fingerprint density at radius 3 is 2.14 bits per heavy atom. The van der Waals surface area contributed by atoms with Crippen LogP contribution in [0.5, 0.6) is 0 Å². The molecule has 0 bridgehead atoms. The van der Waals surface area contributed by atoms with Gasteiger partial charge in [0.2, 0.25) is 0 Å². The van der Waals surface area contributed by atoms with Crippen LogP contribution in [0.2, 0.25) is 0 Å². The molecule has 6 nitrogen and oxygen atoms in total. The summed E-state index contributed by atoms with van der Waals surface area (Å²) in [6.07, 6.45) is 0. The van der Waals surface area contributed by atoms with Crippen molar-refractivity contribution in [3.63, 3.8) is 0 Å². The van der Waals surface area contributed by atoms with Gasteiger partial charge in [0.15, 0.2) is 0 Å². The van der Waals surface area contributed by atoms with Crippen LogP contribution in [-0.4, -0.2) is 36.1 Å². The standard InChI is InChI=1S/C16H12N2O4/c1-21-15(19)9-7-10(16(20)22-2)14-13(8-9)17-11-5-3-4-6-12(11)18-14/h3-8H,1-2H3. The lowest BCUT2D eigenvalue weighted by molar-refractivity contribution is 0.0600. The Bertz CT molecular complexity index is 905. The number of methoxy groups -OCH3 is 2. The topological polar surface area (TPSA) is 78.4 Å². The van der Waals surface area contributed by atoms with Crippen molar-refractivity contribution in [3.05, 3.63) is 47.5 Å². The fourth-order valence-electron chi connectivity index (χ4n) is 2.23. The molecular formula is C16H12N2O4. The van der Waals surface area contributed by atoms with E-state index in [1.165, 1.54) is 20.3 Å². The summed E-state index contributed by atoms with van der Waals surface area (Å²) in [5.74, 6) is -1.14. The number of aromatic nitrogens is 2. The highest BCUT2D eigenvalue weighted by Crippen LogP contribution is 2.22. The third-order valence-corrected chi connectivity index (χ3v) is 3.27. The monoisotopic (exact) mass is 296 g/mol. The lowest BCUT2D eigenvalue weighted by Crippen LogP contribution is -2.08. The summed E-state index contributed by atoms with van der Waals surface area (Å²) < 4.78 is 9.47. The van der Waals surface area contributed by atoms with Crippen LogP contribution < -0.4 is 0 Å². The lowest BCUT2D eigenvalue weighted by atomic mass is 10.1. The highest BCUT2D eigenvalue weighted by atomic mass is 16.5. The second kappa shape index (κ2) is 5.40. The van der Waals surface area contributed by atoms with Crippen molar-refractivity contribution in [2.45, 2.75) is 0 Å². The maximum absolute atomic E-state index is 12.0. The van der Waals surface area contributed by atoms with Gasteiger partial charge in [0.1, 0.15) is 5.52 Å². The molecule has 0 N–H and O–H groups in total. The number of carbonyl (C=O) groups excluding carboxylic acids is 2. The summed E-state index contributed by atoms with van der Waals surface area (Å²) in [5.41, 5.74) is 2.55. The summed E-state index contributed by atoms with van der Waals surface area (Å²) in [5, 5.41) is 0. The SMILES string of the molecule is COC(=O)c1cc(C(=O)OC)c2nc3ccccc3nc2c1. The van der Waals surface area contributed by atoms with Gasteiger partial charge in [0, 0.05) is 0 Å². The van der Waals surface area contributed by atoms with Gasteiger partial charge in [0.05, 0.1) is 41.9 Å². The van der Waals surface area contributed by atoms with Crippen molar-refractivity contribution in [3.8, 4) is 0 Å². The number of hydrogen-bond acceptors (Lipinski definition) is 6.